The molecular formula is C44H36N2. The average molecular weight is 593 g/mol. The van der Waals surface area contributed by atoms with E-state index in [1.54, 1.807) is 0 Å². The highest BCUT2D eigenvalue weighted by Crippen LogP contribution is 2.40. The molecule has 6 aromatic carbocycles. The van der Waals surface area contributed by atoms with Gasteiger partial charge in [-0.2, -0.15) is 0 Å². The Labute approximate surface area is 271 Å². The van der Waals surface area contributed by atoms with Crippen LogP contribution >= 0.6 is 0 Å². The monoisotopic (exact) mass is 592 g/mol. The summed E-state index contributed by atoms with van der Waals surface area (Å²) in [6.45, 7) is 0. The minimum atomic E-state index is 0.278. The van der Waals surface area contributed by atoms with Crippen molar-refractivity contribution in [2.45, 2.75) is 24.8 Å². The maximum absolute atomic E-state index is 2.53. The lowest BCUT2D eigenvalue weighted by Gasteiger charge is -2.35. The van der Waals surface area contributed by atoms with E-state index in [1.807, 2.05) is 0 Å². The van der Waals surface area contributed by atoms with Crippen molar-refractivity contribution in [1.82, 2.24) is 0 Å². The van der Waals surface area contributed by atoms with Gasteiger partial charge in [0, 0.05) is 39.4 Å². The van der Waals surface area contributed by atoms with Crippen LogP contribution in [0, 0.1) is 0 Å². The summed E-state index contributed by atoms with van der Waals surface area (Å²) in [5, 5.41) is 5.04. The van der Waals surface area contributed by atoms with Gasteiger partial charge in [-0.15, -0.1) is 0 Å². The van der Waals surface area contributed by atoms with Gasteiger partial charge in [-0.1, -0.05) is 140 Å². The van der Waals surface area contributed by atoms with Crippen LogP contribution in [-0.2, 0) is 0 Å². The van der Waals surface area contributed by atoms with Crippen LogP contribution in [-0.4, -0.2) is 6.04 Å². The fourth-order valence-corrected chi connectivity index (χ4v) is 7.00. The highest BCUT2D eigenvalue weighted by molar-refractivity contribution is 5.99. The van der Waals surface area contributed by atoms with Gasteiger partial charge in [0.25, 0.3) is 0 Å². The molecule has 0 amide bonds. The molecule has 2 atom stereocenters. The number of rotatable bonds is 7. The Morgan fingerprint density at radius 2 is 1.13 bits per heavy atom. The third-order valence-electron chi connectivity index (χ3n) is 9.28. The first kappa shape index (κ1) is 27.9. The van der Waals surface area contributed by atoms with Crippen LogP contribution in [0.5, 0.6) is 0 Å². The number of fused-ring (bicyclic) bond motifs is 2. The minimum Gasteiger partial charge on any atom is -0.334 e. The number of hydrogen-bond acceptors (Lipinski definition) is 2. The van der Waals surface area contributed by atoms with Crippen LogP contribution in [0.2, 0.25) is 0 Å². The number of nitrogens with zero attached hydrogens (tertiary/aromatic N) is 2. The SMILES string of the molecule is C1=CCC(N(C2=CCC(c3ccc(N(c4ccccc4)c4cccc5ccccc45)cc3)C=C2)c2cccc3ccccc23)C=C1. The summed E-state index contributed by atoms with van der Waals surface area (Å²) in [6, 6.07) is 50.7. The van der Waals surface area contributed by atoms with E-state index >= 15 is 0 Å². The minimum absolute atomic E-state index is 0.278. The molecule has 8 rings (SSSR count). The van der Waals surface area contributed by atoms with Crippen LogP contribution in [0.3, 0.4) is 0 Å². The third-order valence-corrected chi connectivity index (χ3v) is 9.28. The standard InChI is InChI=1S/C44H36N2/c1-3-17-37(18-4-1)45(43-23-11-15-35-13-7-9-21-41(35)43)39-29-25-33(26-30-39)34-27-31-40(32-28-34)46(38-19-5-2-6-20-38)44-24-12-16-36-14-8-10-22-42(36)44/h1-19,21-27,29-32,34,38H,20,28H2. The Bertz CT molecular complexity index is 2110. The molecule has 2 nitrogen and oxygen atoms in total. The van der Waals surface area contributed by atoms with Crippen molar-refractivity contribution in [3.63, 3.8) is 0 Å². The van der Waals surface area contributed by atoms with Crippen molar-refractivity contribution in [3.8, 4) is 0 Å². The highest BCUT2D eigenvalue weighted by atomic mass is 15.2. The van der Waals surface area contributed by atoms with E-state index in [2.05, 4.69) is 192 Å². The van der Waals surface area contributed by atoms with Crippen LogP contribution in [0.1, 0.15) is 24.3 Å². The molecule has 2 heteroatoms. The van der Waals surface area contributed by atoms with Crippen LogP contribution in [0.15, 0.2) is 188 Å². The normalized spacial score (nSPS) is 17.3. The highest BCUT2D eigenvalue weighted by Gasteiger charge is 2.24. The second kappa shape index (κ2) is 12.4. The molecular weight excluding hydrogens is 556 g/mol. The predicted octanol–water partition coefficient (Wildman–Crippen LogP) is 11.8. The van der Waals surface area contributed by atoms with Gasteiger partial charge in [-0.25, -0.2) is 0 Å². The van der Waals surface area contributed by atoms with Gasteiger partial charge in [0.15, 0.2) is 0 Å². The molecule has 2 aliphatic rings. The first-order valence-corrected chi connectivity index (χ1v) is 16.3. The zero-order valence-electron chi connectivity index (χ0n) is 25.8. The molecule has 0 spiro atoms. The lowest BCUT2D eigenvalue weighted by molar-refractivity contribution is 0.747. The molecule has 0 aliphatic heterocycles. The molecule has 0 fully saturated rings. The predicted molar refractivity (Wildman–Crippen MR) is 196 cm³/mol. The smallest absolute Gasteiger partial charge is 0.0559 e. The van der Waals surface area contributed by atoms with Gasteiger partial charge in [-0.3, -0.25) is 0 Å². The molecule has 0 N–H and O–H groups in total. The van der Waals surface area contributed by atoms with Gasteiger partial charge in [0.05, 0.1) is 11.7 Å². The number of hydrogen-bond donors (Lipinski definition) is 0. The molecule has 0 saturated heterocycles. The van der Waals surface area contributed by atoms with Crippen LogP contribution in [0.25, 0.3) is 21.5 Å². The lowest BCUT2D eigenvalue weighted by Crippen LogP contribution is -2.33. The summed E-state index contributed by atoms with van der Waals surface area (Å²) in [5.41, 5.74) is 7.34. The Hall–Kier alpha value is -5.60. The summed E-state index contributed by atoms with van der Waals surface area (Å²) in [7, 11) is 0. The lowest BCUT2D eigenvalue weighted by atomic mass is 9.90. The van der Waals surface area contributed by atoms with E-state index in [-0.39, 0.29) is 6.04 Å². The number of para-hydroxylation sites is 1. The molecule has 0 bridgehead atoms. The molecule has 0 saturated carbocycles. The zero-order chi connectivity index (χ0) is 30.7. The van der Waals surface area contributed by atoms with E-state index in [0.717, 1.165) is 24.2 Å². The number of allylic oxidation sites excluding steroid dienone is 5. The van der Waals surface area contributed by atoms with Crippen molar-refractivity contribution in [2.75, 3.05) is 9.80 Å². The summed E-state index contributed by atoms with van der Waals surface area (Å²) in [4.78, 5) is 4.90. The maximum Gasteiger partial charge on any atom is 0.0559 e. The fraction of sp³-hybridized carbons (Fsp3) is 0.0909. The van der Waals surface area contributed by atoms with Crippen molar-refractivity contribution in [1.29, 1.82) is 0 Å². The Kier molecular flexibility index (Phi) is 7.54. The Morgan fingerprint density at radius 3 is 1.80 bits per heavy atom. The summed E-state index contributed by atoms with van der Waals surface area (Å²) >= 11 is 0. The summed E-state index contributed by atoms with van der Waals surface area (Å²) in [6.07, 6.45) is 18.1. The van der Waals surface area contributed by atoms with Gasteiger partial charge in [-0.05, 0) is 71.7 Å². The van der Waals surface area contributed by atoms with Crippen LogP contribution in [0.4, 0.5) is 22.7 Å². The first-order chi connectivity index (χ1) is 22.8. The second-order valence-electron chi connectivity index (χ2n) is 12.1. The molecule has 0 heterocycles. The van der Waals surface area contributed by atoms with E-state index in [0.29, 0.717) is 5.92 Å². The quantitative estimate of drug-likeness (QED) is 0.182. The maximum atomic E-state index is 2.53. The molecule has 2 aliphatic carbocycles. The topological polar surface area (TPSA) is 6.48 Å². The van der Waals surface area contributed by atoms with E-state index in [1.165, 1.54) is 44.2 Å². The largest absolute Gasteiger partial charge is 0.334 e. The number of benzene rings is 6. The summed E-state index contributed by atoms with van der Waals surface area (Å²) < 4.78 is 0. The third kappa shape index (κ3) is 5.33. The van der Waals surface area contributed by atoms with Crippen molar-refractivity contribution >= 4 is 44.3 Å². The molecule has 0 radical (unpaired) electrons. The first-order valence-electron chi connectivity index (χ1n) is 16.3. The molecule has 46 heavy (non-hydrogen) atoms. The zero-order valence-corrected chi connectivity index (χ0v) is 25.8. The van der Waals surface area contributed by atoms with Gasteiger partial charge < -0.3 is 9.80 Å². The van der Waals surface area contributed by atoms with E-state index < -0.39 is 0 Å². The van der Waals surface area contributed by atoms with Crippen molar-refractivity contribution < 1.29 is 0 Å². The summed E-state index contributed by atoms with van der Waals surface area (Å²) in [5.74, 6) is 0.330. The van der Waals surface area contributed by atoms with Crippen molar-refractivity contribution in [2.24, 2.45) is 0 Å². The average Bonchev–Trinajstić information content (AvgIpc) is 3.14. The van der Waals surface area contributed by atoms with E-state index in [4.69, 9.17) is 0 Å². The number of anilines is 4. The Morgan fingerprint density at radius 1 is 0.500 bits per heavy atom. The van der Waals surface area contributed by atoms with Gasteiger partial charge in [0.1, 0.15) is 0 Å². The Balaban J connectivity index is 1.10. The van der Waals surface area contributed by atoms with Gasteiger partial charge >= 0.3 is 0 Å². The second-order valence-corrected chi connectivity index (χ2v) is 12.1. The molecule has 2 unspecified atom stereocenters. The molecule has 222 valence electrons. The van der Waals surface area contributed by atoms with Crippen molar-refractivity contribution in [3.05, 3.63) is 193 Å². The molecule has 6 aromatic rings. The van der Waals surface area contributed by atoms with E-state index in [9.17, 15) is 0 Å². The molecule has 0 aromatic heterocycles. The van der Waals surface area contributed by atoms with Gasteiger partial charge in [0.2, 0.25) is 0 Å². The van der Waals surface area contributed by atoms with Crippen LogP contribution < -0.4 is 9.80 Å². The fourth-order valence-electron chi connectivity index (χ4n) is 7.00.